The molecule has 0 aromatic heterocycles. The summed E-state index contributed by atoms with van der Waals surface area (Å²) < 4.78 is 18.7. The lowest BCUT2D eigenvalue weighted by atomic mass is 10.1. The molecule has 4 heteroatoms. The molecule has 1 rings (SSSR count). The summed E-state index contributed by atoms with van der Waals surface area (Å²) in [5, 5.41) is 8.65. The van der Waals surface area contributed by atoms with Gasteiger partial charge in [-0.15, -0.1) is 0 Å². The van der Waals surface area contributed by atoms with Gasteiger partial charge in [-0.25, -0.2) is 4.39 Å². The molecule has 1 aromatic carbocycles. The van der Waals surface area contributed by atoms with E-state index in [0.29, 0.717) is 24.3 Å². The number of nitriles is 1. The molecule has 0 radical (unpaired) electrons. The minimum atomic E-state index is -0.333. The van der Waals surface area contributed by atoms with Crippen molar-refractivity contribution < 1.29 is 9.13 Å². The first kappa shape index (κ1) is 13.6. The zero-order valence-electron chi connectivity index (χ0n) is 10.4. The molecule has 0 spiro atoms. The Morgan fingerprint density at radius 3 is 2.76 bits per heavy atom. The van der Waals surface area contributed by atoms with Gasteiger partial charge in [-0.05, 0) is 26.1 Å². The Kier molecular flexibility index (Phi) is 5.08. The van der Waals surface area contributed by atoms with E-state index in [1.807, 2.05) is 24.9 Å². The van der Waals surface area contributed by atoms with Crippen LogP contribution < -0.4 is 0 Å². The SMILES string of the molecule is COCC(C)N(C)Cc1ccc(C#N)cc1F. The average molecular weight is 236 g/mol. The molecular formula is C13H17FN2O. The summed E-state index contributed by atoms with van der Waals surface area (Å²) in [6.45, 7) is 3.13. The summed E-state index contributed by atoms with van der Waals surface area (Å²) in [5.41, 5.74) is 0.938. The Morgan fingerprint density at radius 2 is 2.24 bits per heavy atom. The van der Waals surface area contributed by atoms with Crippen LogP contribution in [0.15, 0.2) is 18.2 Å². The maximum absolute atomic E-state index is 13.6. The maximum atomic E-state index is 13.6. The van der Waals surface area contributed by atoms with E-state index < -0.39 is 0 Å². The minimum Gasteiger partial charge on any atom is -0.383 e. The van der Waals surface area contributed by atoms with Crippen molar-refractivity contribution in [3.8, 4) is 6.07 Å². The Morgan fingerprint density at radius 1 is 1.53 bits per heavy atom. The molecule has 0 heterocycles. The third-order valence-corrected chi connectivity index (χ3v) is 2.76. The molecule has 0 amide bonds. The van der Waals surface area contributed by atoms with Gasteiger partial charge in [0.05, 0.1) is 18.2 Å². The predicted octanol–water partition coefficient (Wildman–Crippen LogP) is 2.16. The van der Waals surface area contributed by atoms with Crippen molar-refractivity contribution in [3.05, 3.63) is 35.1 Å². The quantitative estimate of drug-likeness (QED) is 0.786. The van der Waals surface area contributed by atoms with Gasteiger partial charge in [0.1, 0.15) is 5.82 Å². The summed E-state index contributed by atoms with van der Waals surface area (Å²) in [7, 11) is 3.56. The smallest absolute Gasteiger partial charge is 0.129 e. The number of methoxy groups -OCH3 is 1. The molecule has 1 unspecified atom stereocenters. The fourth-order valence-electron chi connectivity index (χ4n) is 1.54. The zero-order chi connectivity index (χ0) is 12.8. The van der Waals surface area contributed by atoms with E-state index in [-0.39, 0.29) is 11.9 Å². The van der Waals surface area contributed by atoms with Crippen LogP contribution in [0.2, 0.25) is 0 Å². The topological polar surface area (TPSA) is 36.3 Å². The molecular weight excluding hydrogens is 219 g/mol. The minimum absolute atomic E-state index is 0.218. The lowest BCUT2D eigenvalue weighted by Gasteiger charge is -2.24. The molecule has 3 nitrogen and oxygen atoms in total. The van der Waals surface area contributed by atoms with Crippen molar-refractivity contribution in [2.75, 3.05) is 20.8 Å². The highest BCUT2D eigenvalue weighted by atomic mass is 19.1. The molecule has 0 bridgehead atoms. The van der Waals surface area contributed by atoms with Crippen LogP contribution in [0, 0.1) is 17.1 Å². The molecule has 92 valence electrons. The van der Waals surface area contributed by atoms with E-state index in [2.05, 4.69) is 0 Å². The van der Waals surface area contributed by atoms with Gasteiger partial charge in [-0.2, -0.15) is 5.26 Å². The Bertz CT molecular complexity index is 414. The summed E-state index contributed by atoms with van der Waals surface area (Å²) >= 11 is 0. The van der Waals surface area contributed by atoms with Crippen molar-refractivity contribution in [3.63, 3.8) is 0 Å². The molecule has 0 saturated heterocycles. The number of halogens is 1. The second-order valence-corrected chi connectivity index (χ2v) is 4.14. The third-order valence-electron chi connectivity index (χ3n) is 2.76. The molecule has 0 aliphatic rings. The summed E-state index contributed by atoms with van der Waals surface area (Å²) in [4.78, 5) is 2.01. The van der Waals surface area contributed by atoms with E-state index in [0.717, 1.165) is 0 Å². The molecule has 0 aliphatic heterocycles. The number of ether oxygens (including phenoxy) is 1. The lowest BCUT2D eigenvalue weighted by molar-refractivity contribution is 0.111. The van der Waals surface area contributed by atoms with Crippen LogP contribution in [-0.2, 0) is 11.3 Å². The summed E-state index contributed by atoms with van der Waals surface area (Å²) in [6.07, 6.45) is 0. The van der Waals surface area contributed by atoms with Gasteiger partial charge in [-0.1, -0.05) is 6.07 Å². The fraction of sp³-hybridized carbons (Fsp3) is 0.462. The van der Waals surface area contributed by atoms with E-state index in [4.69, 9.17) is 10.00 Å². The summed E-state index contributed by atoms with van der Waals surface area (Å²) in [6, 6.07) is 6.69. The number of benzene rings is 1. The third kappa shape index (κ3) is 3.81. The van der Waals surface area contributed by atoms with Gasteiger partial charge in [-0.3, -0.25) is 4.90 Å². The molecule has 1 aromatic rings. The Hall–Kier alpha value is -1.44. The first-order valence-corrected chi connectivity index (χ1v) is 5.46. The van der Waals surface area contributed by atoms with Gasteiger partial charge < -0.3 is 4.74 Å². The van der Waals surface area contributed by atoms with E-state index in [1.54, 1.807) is 19.2 Å². The monoisotopic (exact) mass is 236 g/mol. The number of likely N-dealkylation sites (N-methyl/N-ethyl adjacent to an activating group) is 1. The van der Waals surface area contributed by atoms with Gasteiger partial charge in [0.15, 0.2) is 0 Å². The average Bonchev–Trinajstić information content (AvgIpc) is 2.31. The largest absolute Gasteiger partial charge is 0.383 e. The van der Waals surface area contributed by atoms with E-state index in [1.165, 1.54) is 6.07 Å². The second kappa shape index (κ2) is 6.33. The number of rotatable bonds is 5. The van der Waals surface area contributed by atoms with Gasteiger partial charge >= 0.3 is 0 Å². The normalized spacial score (nSPS) is 12.5. The highest BCUT2D eigenvalue weighted by Gasteiger charge is 2.12. The van der Waals surface area contributed by atoms with Crippen molar-refractivity contribution >= 4 is 0 Å². The van der Waals surface area contributed by atoms with E-state index in [9.17, 15) is 4.39 Å². The van der Waals surface area contributed by atoms with E-state index >= 15 is 0 Å². The Balaban J connectivity index is 2.72. The second-order valence-electron chi connectivity index (χ2n) is 4.14. The number of hydrogen-bond acceptors (Lipinski definition) is 3. The van der Waals surface area contributed by atoms with Gasteiger partial charge in [0.2, 0.25) is 0 Å². The van der Waals surface area contributed by atoms with Crippen molar-refractivity contribution in [1.29, 1.82) is 5.26 Å². The van der Waals surface area contributed by atoms with Crippen LogP contribution in [0.4, 0.5) is 4.39 Å². The Labute approximate surface area is 101 Å². The molecule has 0 saturated carbocycles. The van der Waals surface area contributed by atoms with Crippen LogP contribution in [0.25, 0.3) is 0 Å². The highest BCUT2D eigenvalue weighted by molar-refractivity contribution is 5.32. The maximum Gasteiger partial charge on any atom is 0.129 e. The van der Waals surface area contributed by atoms with Crippen molar-refractivity contribution in [1.82, 2.24) is 4.90 Å². The number of hydrogen-bond donors (Lipinski definition) is 0. The molecule has 0 N–H and O–H groups in total. The molecule has 17 heavy (non-hydrogen) atoms. The fourth-order valence-corrected chi connectivity index (χ4v) is 1.54. The molecule has 0 fully saturated rings. The van der Waals surface area contributed by atoms with Crippen molar-refractivity contribution in [2.24, 2.45) is 0 Å². The van der Waals surface area contributed by atoms with Crippen LogP contribution in [0.1, 0.15) is 18.1 Å². The van der Waals surface area contributed by atoms with Crippen molar-refractivity contribution in [2.45, 2.75) is 19.5 Å². The first-order valence-electron chi connectivity index (χ1n) is 5.46. The molecule has 0 aliphatic carbocycles. The predicted molar refractivity (Wildman–Crippen MR) is 63.9 cm³/mol. The van der Waals surface area contributed by atoms with Gasteiger partial charge in [0, 0.05) is 25.3 Å². The van der Waals surface area contributed by atoms with Crippen LogP contribution >= 0.6 is 0 Å². The first-order chi connectivity index (χ1) is 8.08. The standard InChI is InChI=1S/C13H17FN2O/c1-10(9-17-3)16(2)8-12-5-4-11(7-15)6-13(12)14/h4-6,10H,8-9H2,1-3H3. The van der Waals surface area contributed by atoms with Crippen LogP contribution in [0.3, 0.4) is 0 Å². The van der Waals surface area contributed by atoms with Crippen LogP contribution in [0.5, 0.6) is 0 Å². The highest BCUT2D eigenvalue weighted by Crippen LogP contribution is 2.13. The lowest BCUT2D eigenvalue weighted by Crippen LogP contribution is -2.32. The zero-order valence-corrected chi connectivity index (χ0v) is 10.4. The van der Waals surface area contributed by atoms with Gasteiger partial charge in [0.25, 0.3) is 0 Å². The van der Waals surface area contributed by atoms with Crippen LogP contribution in [-0.4, -0.2) is 31.7 Å². The molecule has 1 atom stereocenters. The summed E-state index contributed by atoms with van der Waals surface area (Å²) in [5.74, 6) is -0.333. The number of nitrogens with zero attached hydrogens (tertiary/aromatic N) is 2.